The Morgan fingerprint density at radius 2 is 1.67 bits per heavy atom. The second-order valence-electron chi connectivity index (χ2n) is 5.12. The molecular weight excluding hydrogens is 324 g/mol. The molecule has 0 bridgehead atoms. The third-order valence-electron chi connectivity index (χ3n) is 3.74. The van der Waals surface area contributed by atoms with Crippen LogP contribution < -0.4 is 10.6 Å². The van der Waals surface area contributed by atoms with Gasteiger partial charge in [0.05, 0.1) is 16.3 Å². The van der Waals surface area contributed by atoms with Gasteiger partial charge in [-0.05, 0) is 18.2 Å². The zero-order valence-corrected chi connectivity index (χ0v) is 13.7. The summed E-state index contributed by atoms with van der Waals surface area (Å²) in [6.45, 7) is 2.64. The van der Waals surface area contributed by atoms with Crippen LogP contribution in [-0.4, -0.2) is 31.1 Å². The third kappa shape index (κ3) is 3.79. The van der Waals surface area contributed by atoms with Crippen LogP contribution in [0.1, 0.15) is 0 Å². The number of para-hydroxylation sites is 1. The van der Waals surface area contributed by atoms with E-state index in [1.54, 1.807) is 12.1 Å². The quantitative estimate of drug-likeness (QED) is 0.668. The van der Waals surface area contributed by atoms with Crippen molar-refractivity contribution in [1.82, 2.24) is 4.90 Å². The maximum Gasteiger partial charge on any atom is 0.131 e. The molecule has 0 unspecified atom stereocenters. The van der Waals surface area contributed by atoms with Crippen molar-refractivity contribution in [2.75, 3.05) is 31.1 Å². The number of anilines is 1. The Labute approximate surface area is 145 Å². The Bertz CT molecular complexity index is 782. The summed E-state index contributed by atoms with van der Waals surface area (Å²) < 4.78 is 0. The number of rotatable bonds is 3. The van der Waals surface area contributed by atoms with E-state index in [1.807, 2.05) is 35.2 Å². The first-order chi connectivity index (χ1) is 11.6. The monoisotopic (exact) mass is 338 g/mol. The van der Waals surface area contributed by atoms with E-state index < -0.39 is 0 Å². The lowest BCUT2D eigenvalue weighted by atomic mass is 10.1. The summed E-state index contributed by atoms with van der Waals surface area (Å²) in [4.78, 5) is 4.03. The van der Waals surface area contributed by atoms with E-state index in [1.165, 1.54) is 6.08 Å². The summed E-state index contributed by atoms with van der Waals surface area (Å²) in [6, 6.07) is 13.0. The fraction of sp³-hybridized carbons (Fsp3) is 0.235. The molecule has 7 heteroatoms. The van der Waals surface area contributed by atoms with E-state index in [-0.39, 0.29) is 17.0 Å². The molecule has 0 radical (unpaired) electrons. The molecule has 120 valence electrons. The highest BCUT2D eigenvalue weighted by molar-refractivity contribution is 6.33. The van der Waals surface area contributed by atoms with Gasteiger partial charge in [0, 0.05) is 26.2 Å². The van der Waals surface area contributed by atoms with E-state index >= 15 is 0 Å². The minimum Gasteiger partial charge on any atom is -0.384 e. The molecule has 1 fully saturated rings. The van der Waals surface area contributed by atoms with Crippen LogP contribution >= 0.6 is 11.6 Å². The average molecular weight is 339 g/mol. The topological polar surface area (TPSA) is 104 Å². The highest BCUT2D eigenvalue weighted by Crippen LogP contribution is 2.26. The number of allylic oxidation sites excluding steroid dienone is 3. The maximum atomic E-state index is 9.23. The van der Waals surface area contributed by atoms with Gasteiger partial charge in [0.25, 0.3) is 0 Å². The Morgan fingerprint density at radius 1 is 1.04 bits per heavy atom. The first-order valence-corrected chi connectivity index (χ1v) is 7.64. The minimum atomic E-state index is -0.149. The van der Waals surface area contributed by atoms with Crippen molar-refractivity contribution in [1.29, 1.82) is 15.8 Å². The molecule has 6 nitrogen and oxygen atoms in total. The molecule has 1 aromatic rings. The molecule has 24 heavy (non-hydrogen) atoms. The van der Waals surface area contributed by atoms with Crippen molar-refractivity contribution in [2.24, 2.45) is 5.73 Å². The summed E-state index contributed by atoms with van der Waals surface area (Å²) in [6.07, 6.45) is 1.22. The van der Waals surface area contributed by atoms with Gasteiger partial charge in [-0.1, -0.05) is 23.7 Å². The second kappa shape index (κ2) is 7.92. The van der Waals surface area contributed by atoms with Crippen LogP contribution in [0.4, 0.5) is 5.69 Å². The first-order valence-electron chi connectivity index (χ1n) is 7.27. The molecule has 2 N–H and O–H groups in total. The number of halogens is 1. The highest BCUT2D eigenvalue weighted by Gasteiger charge is 2.20. The Balaban J connectivity index is 2.14. The van der Waals surface area contributed by atoms with Gasteiger partial charge in [-0.25, -0.2) is 0 Å². The summed E-state index contributed by atoms with van der Waals surface area (Å²) in [7, 11) is 0. The van der Waals surface area contributed by atoms with Gasteiger partial charge in [0.1, 0.15) is 29.6 Å². The van der Waals surface area contributed by atoms with Crippen molar-refractivity contribution in [3.05, 3.63) is 52.3 Å². The lowest BCUT2D eigenvalue weighted by Gasteiger charge is -2.37. The minimum absolute atomic E-state index is 0.124. The third-order valence-corrected chi connectivity index (χ3v) is 4.06. The van der Waals surface area contributed by atoms with Gasteiger partial charge in [-0.3, -0.25) is 0 Å². The van der Waals surface area contributed by atoms with Gasteiger partial charge >= 0.3 is 0 Å². The van der Waals surface area contributed by atoms with E-state index in [4.69, 9.17) is 27.9 Å². The Hall–Kier alpha value is -3.14. The zero-order valence-electron chi connectivity index (χ0n) is 12.9. The molecule has 1 heterocycles. The molecule has 0 saturated carbocycles. The fourth-order valence-corrected chi connectivity index (χ4v) is 2.72. The van der Waals surface area contributed by atoms with Gasteiger partial charge in [-0.15, -0.1) is 0 Å². The lowest BCUT2D eigenvalue weighted by molar-refractivity contribution is 0.317. The number of nitriles is 3. The standard InChI is InChI=1S/C17H15ClN6/c18-15-3-1-2-4-16(15)23-5-7-24(8-6-23)17(22)14(12-21)9-13(10-19)11-20/h1-4,9H,5-8,22H2. The van der Waals surface area contributed by atoms with E-state index in [9.17, 15) is 5.26 Å². The second-order valence-corrected chi connectivity index (χ2v) is 5.53. The predicted molar refractivity (Wildman–Crippen MR) is 91.4 cm³/mol. The number of piperazine rings is 1. The molecule has 1 aliphatic rings. The normalized spacial score (nSPS) is 14.8. The van der Waals surface area contributed by atoms with E-state index in [2.05, 4.69) is 4.90 Å². The van der Waals surface area contributed by atoms with Gasteiger partial charge in [0.15, 0.2) is 0 Å². The van der Waals surface area contributed by atoms with Crippen LogP contribution in [0.5, 0.6) is 0 Å². The molecule has 0 aliphatic carbocycles. The highest BCUT2D eigenvalue weighted by atomic mass is 35.5. The lowest BCUT2D eigenvalue weighted by Crippen LogP contribution is -2.47. The van der Waals surface area contributed by atoms with Crippen LogP contribution in [0, 0.1) is 34.0 Å². The molecule has 0 aromatic heterocycles. The van der Waals surface area contributed by atoms with Crippen molar-refractivity contribution < 1.29 is 0 Å². The largest absolute Gasteiger partial charge is 0.384 e. The van der Waals surface area contributed by atoms with Crippen LogP contribution in [0.2, 0.25) is 5.02 Å². The summed E-state index contributed by atoms with van der Waals surface area (Å²) in [5, 5.41) is 27.5. The Kier molecular flexibility index (Phi) is 5.68. The number of benzene rings is 1. The Morgan fingerprint density at radius 3 is 2.21 bits per heavy atom. The molecule has 0 amide bonds. The van der Waals surface area contributed by atoms with Crippen LogP contribution in [-0.2, 0) is 0 Å². The van der Waals surface area contributed by atoms with Gasteiger partial charge in [0.2, 0.25) is 0 Å². The first kappa shape index (κ1) is 17.2. The van der Waals surface area contributed by atoms with E-state index in [0.717, 1.165) is 5.69 Å². The van der Waals surface area contributed by atoms with Crippen LogP contribution in [0.25, 0.3) is 0 Å². The molecule has 0 atom stereocenters. The molecular formula is C17H15ClN6. The summed E-state index contributed by atoms with van der Waals surface area (Å²) in [5.74, 6) is 0.277. The van der Waals surface area contributed by atoms with Crippen molar-refractivity contribution in [2.45, 2.75) is 0 Å². The molecule has 1 aliphatic heterocycles. The predicted octanol–water partition coefficient (Wildman–Crippen LogP) is 2.13. The number of hydrogen-bond donors (Lipinski definition) is 1. The number of nitrogens with zero attached hydrogens (tertiary/aromatic N) is 5. The fourth-order valence-electron chi connectivity index (χ4n) is 2.46. The molecule has 0 spiro atoms. The van der Waals surface area contributed by atoms with Crippen molar-refractivity contribution in [3.8, 4) is 18.2 Å². The smallest absolute Gasteiger partial charge is 0.131 e. The van der Waals surface area contributed by atoms with Crippen LogP contribution in [0.15, 0.2) is 47.3 Å². The van der Waals surface area contributed by atoms with Gasteiger partial charge in [-0.2, -0.15) is 15.8 Å². The SMILES string of the molecule is N#CC(C#N)=CC(C#N)=C(N)N1CCN(c2ccccc2Cl)CC1. The molecule has 1 saturated heterocycles. The van der Waals surface area contributed by atoms with Crippen molar-refractivity contribution in [3.63, 3.8) is 0 Å². The van der Waals surface area contributed by atoms with E-state index in [0.29, 0.717) is 31.2 Å². The zero-order chi connectivity index (χ0) is 17.5. The maximum absolute atomic E-state index is 9.23. The molecule has 1 aromatic carbocycles. The van der Waals surface area contributed by atoms with Crippen molar-refractivity contribution >= 4 is 17.3 Å². The molecule has 2 rings (SSSR count). The van der Waals surface area contributed by atoms with Crippen LogP contribution in [0.3, 0.4) is 0 Å². The van der Waals surface area contributed by atoms with Gasteiger partial charge < -0.3 is 15.5 Å². The number of nitrogens with two attached hydrogens (primary N) is 1. The summed E-state index contributed by atoms with van der Waals surface area (Å²) >= 11 is 6.22. The summed E-state index contributed by atoms with van der Waals surface area (Å²) in [5.41, 5.74) is 7.00. The number of hydrogen-bond acceptors (Lipinski definition) is 6. The average Bonchev–Trinajstić information content (AvgIpc) is 2.63.